The Morgan fingerprint density at radius 2 is 1.78 bits per heavy atom. The average molecular weight is 345 g/mol. The van der Waals surface area contributed by atoms with Crippen molar-refractivity contribution in [3.05, 3.63) is 60.2 Å². The predicted octanol–water partition coefficient (Wildman–Crippen LogP) is 4.81. The van der Waals surface area contributed by atoms with Gasteiger partial charge < -0.3 is 4.74 Å². The van der Waals surface area contributed by atoms with Gasteiger partial charge in [-0.1, -0.05) is 54.6 Å². The summed E-state index contributed by atoms with van der Waals surface area (Å²) < 4.78 is 5.35. The highest BCUT2D eigenvalue weighted by molar-refractivity contribution is 8.20. The van der Waals surface area contributed by atoms with Gasteiger partial charge in [0.1, 0.15) is 0 Å². The van der Waals surface area contributed by atoms with E-state index in [9.17, 15) is 4.79 Å². The molecule has 23 heavy (non-hydrogen) atoms. The molecule has 4 heteroatoms. The van der Waals surface area contributed by atoms with Crippen LogP contribution >= 0.6 is 23.5 Å². The molecule has 1 fully saturated rings. The molecule has 3 rings (SSSR count). The van der Waals surface area contributed by atoms with Crippen molar-refractivity contribution < 1.29 is 9.53 Å². The van der Waals surface area contributed by atoms with Crippen LogP contribution in [0, 0.1) is 0 Å². The van der Waals surface area contributed by atoms with E-state index in [0.717, 1.165) is 11.5 Å². The van der Waals surface area contributed by atoms with E-state index in [4.69, 9.17) is 4.74 Å². The van der Waals surface area contributed by atoms with Crippen molar-refractivity contribution in [2.45, 2.75) is 16.9 Å². The highest BCUT2D eigenvalue weighted by atomic mass is 32.2. The van der Waals surface area contributed by atoms with Gasteiger partial charge in [0, 0.05) is 17.4 Å². The Balaban J connectivity index is 1.90. The maximum absolute atomic E-state index is 11.9. The minimum Gasteiger partial charge on any atom is -0.469 e. The van der Waals surface area contributed by atoms with Crippen LogP contribution in [0.15, 0.2) is 54.6 Å². The minimum atomic E-state index is -0.131. The Morgan fingerprint density at radius 1 is 1.09 bits per heavy atom. The highest BCUT2D eigenvalue weighted by Crippen LogP contribution is 2.44. The zero-order chi connectivity index (χ0) is 16.1. The van der Waals surface area contributed by atoms with Crippen LogP contribution in [0.25, 0.3) is 11.1 Å². The maximum Gasteiger partial charge on any atom is 0.306 e. The van der Waals surface area contributed by atoms with Crippen molar-refractivity contribution in [2.75, 3.05) is 18.6 Å². The number of hydrogen-bond donors (Lipinski definition) is 0. The SMILES string of the molecule is COC(=O)C[C@@H](c1cccc(-c2ccccc2)c1)C1SCCS1. The first kappa shape index (κ1) is 16.5. The van der Waals surface area contributed by atoms with E-state index in [1.165, 1.54) is 23.8 Å². The normalized spacial score (nSPS) is 16.2. The van der Waals surface area contributed by atoms with Gasteiger partial charge in [-0.3, -0.25) is 4.79 Å². The summed E-state index contributed by atoms with van der Waals surface area (Å²) in [5, 5.41) is 0. The molecule has 2 nitrogen and oxygen atoms in total. The van der Waals surface area contributed by atoms with Gasteiger partial charge in [0.25, 0.3) is 0 Å². The standard InChI is InChI=1S/C19H20O2S2/c1-21-18(20)13-17(19-22-10-11-23-19)16-9-5-8-15(12-16)14-6-3-2-4-7-14/h2-9,12,17,19H,10-11,13H2,1H3/t17-/m0/s1. The molecule has 1 heterocycles. The number of methoxy groups -OCH3 is 1. The van der Waals surface area contributed by atoms with Crippen LogP contribution in [0.1, 0.15) is 17.9 Å². The number of thioether (sulfide) groups is 2. The largest absolute Gasteiger partial charge is 0.469 e. The van der Waals surface area contributed by atoms with Crippen molar-refractivity contribution in [3.63, 3.8) is 0 Å². The fourth-order valence-electron chi connectivity index (χ4n) is 2.82. The van der Waals surface area contributed by atoms with Crippen LogP contribution in [-0.4, -0.2) is 29.2 Å². The van der Waals surface area contributed by atoms with Crippen molar-refractivity contribution in [3.8, 4) is 11.1 Å². The molecule has 0 aliphatic carbocycles. The first-order chi connectivity index (χ1) is 11.3. The summed E-state index contributed by atoms with van der Waals surface area (Å²) in [5.41, 5.74) is 3.63. The number of carbonyl (C=O) groups excluding carboxylic acids is 1. The molecule has 0 N–H and O–H groups in total. The first-order valence-electron chi connectivity index (χ1n) is 7.73. The van der Waals surface area contributed by atoms with Gasteiger partial charge in [-0.05, 0) is 16.7 Å². The molecular weight excluding hydrogens is 324 g/mol. The molecule has 1 aliphatic heterocycles. The second-order valence-corrected chi connectivity index (χ2v) is 8.29. The number of hydrogen-bond acceptors (Lipinski definition) is 4. The molecular formula is C19H20O2S2. The summed E-state index contributed by atoms with van der Waals surface area (Å²) in [6, 6.07) is 18.9. The smallest absolute Gasteiger partial charge is 0.306 e. The molecule has 1 aliphatic rings. The molecule has 1 atom stereocenters. The quantitative estimate of drug-likeness (QED) is 0.727. The third kappa shape index (κ3) is 4.12. The Morgan fingerprint density at radius 3 is 2.48 bits per heavy atom. The third-order valence-corrected chi connectivity index (χ3v) is 7.28. The van der Waals surface area contributed by atoms with Gasteiger partial charge >= 0.3 is 5.97 Å². The van der Waals surface area contributed by atoms with Crippen LogP contribution in [-0.2, 0) is 9.53 Å². The van der Waals surface area contributed by atoms with E-state index < -0.39 is 0 Å². The molecule has 0 aromatic heterocycles. The fourth-order valence-corrected chi connectivity index (χ4v) is 5.99. The topological polar surface area (TPSA) is 26.3 Å². The molecule has 0 amide bonds. The summed E-state index contributed by atoms with van der Waals surface area (Å²) in [7, 11) is 1.47. The van der Waals surface area contributed by atoms with Crippen molar-refractivity contribution in [1.82, 2.24) is 0 Å². The second kappa shape index (κ2) is 7.93. The van der Waals surface area contributed by atoms with E-state index in [0.29, 0.717) is 11.0 Å². The Bertz CT molecular complexity index is 651. The lowest BCUT2D eigenvalue weighted by Gasteiger charge is -2.22. The summed E-state index contributed by atoms with van der Waals surface area (Å²) in [6.07, 6.45) is 0.444. The van der Waals surface area contributed by atoms with Crippen LogP contribution in [0.4, 0.5) is 0 Å². The summed E-state index contributed by atoms with van der Waals surface area (Å²) in [6.45, 7) is 0. The molecule has 120 valence electrons. The van der Waals surface area contributed by atoms with Gasteiger partial charge in [-0.2, -0.15) is 0 Å². The predicted molar refractivity (Wildman–Crippen MR) is 100.0 cm³/mol. The van der Waals surface area contributed by atoms with E-state index >= 15 is 0 Å². The van der Waals surface area contributed by atoms with Crippen molar-refractivity contribution in [1.29, 1.82) is 0 Å². The van der Waals surface area contributed by atoms with E-state index in [-0.39, 0.29) is 11.9 Å². The molecule has 2 aromatic rings. The average Bonchev–Trinajstić information content (AvgIpc) is 3.14. The lowest BCUT2D eigenvalue weighted by molar-refractivity contribution is -0.141. The molecule has 2 aromatic carbocycles. The van der Waals surface area contributed by atoms with Crippen LogP contribution in [0.2, 0.25) is 0 Å². The number of esters is 1. The summed E-state index contributed by atoms with van der Waals surface area (Å²) >= 11 is 3.91. The third-order valence-electron chi connectivity index (χ3n) is 4.01. The summed E-state index contributed by atoms with van der Waals surface area (Å²) in [5.74, 6) is 2.38. The Labute approximate surface area is 146 Å². The van der Waals surface area contributed by atoms with Crippen LogP contribution < -0.4 is 0 Å². The monoisotopic (exact) mass is 344 g/mol. The molecule has 0 unspecified atom stereocenters. The minimum absolute atomic E-state index is 0.131. The molecule has 0 radical (unpaired) electrons. The van der Waals surface area contributed by atoms with Crippen molar-refractivity contribution in [2.24, 2.45) is 0 Å². The van der Waals surface area contributed by atoms with Gasteiger partial charge in [0.2, 0.25) is 0 Å². The van der Waals surface area contributed by atoms with Gasteiger partial charge in [0.15, 0.2) is 0 Å². The molecule has 0 spiro atoms. The van der Waals surface area contributed by atoms with Crippen LogP contribution in [0.3, 0.4) is 0 Å². The second-order valence-electron chi connectivity index (χ2n) is 5.49. The summed E-state index contributed by atoms with van der Waals surface area (Å²) in [4.78, 5) is 11.9. The number of carbonyl (C=O) groups is 1. The van der Waals surface area contributed by atoms with Crippen molar-refractivity contribution >= 4 is 29.5 Å². The first-order valence-corrected chi connectivity index (χ1v) is 9.83. The van der Waals surface area contributed by atoms with E-state index in [1.807, 2.05) is 29.6 Å². The van der Waals surface area contributed by atoms with Crippen LogP contribution in [0.5, 0.6) is 0 Å². The zero-order valence-electron chi connectivity index (χ0n) is 13.1. The highest BCUT2D eigenvalue weighted by Gasteiger charge is 2.30. The number of ether oxygens (including phenoxy) is 1. The maximum atomic E-state index is 11.9. The van der Waals surface area contributed by atoms with Gasteiger partial charge in [-0.25, -0.2) is 0 Å². The van der Waals surface area contributed by atoms with E-state index in [1.54, 1.807) is 0 Å². The number of rotatable bonds is 5. The Kier molecular flexibility index (Phi) is 5.68. The molecule has 0 saturated carbocycles. The zero-order valence-corrected chi connectivity index (χ0v) is 14.7. The lowest BCUT2D eigenvalue weighted by Crippen LogP contribution is -2.16. The van der Waals surface area contributed by atoms with E-state index in [2.05, 4.69) is 48.5 Å². The van der Waals surface area contributed by atoms with Gasteiger partial charge in [0.05, 0.1) is 18.1 Å². The lowest BCUT2D eigenvalue weighted by atomic mass is 9.94. The molecule has 1 saturated heterocycles. The Hall–Kier alpha value is -1.39. The fraction of sp³-hybridized carbons (Fsp3) is 0.316. The number of benzene rings is 2. The molecule has 0 bridgehead atoms. The van der Waals surface area contributed by atoms with Gasteiger partial charge in [-0.15, -0.1) is 23.5 Å².